The van der Waals surface area contributed by atoms with Gasteiger partial charge in [-0.2, -0.15) is 5.10 Å². The quantitative estimate of drug-likeness (QED) is 0.401. The van der Waals surface area contributed by atoms with Crippen molar-refractivity contribution >= 4 is 38.5 Å². The van der Waals surface area contributed by atoms with Crippen molar-refractivity contribution in [1.82, 2.24) is 4.57 Å². The van der Waals surface area contributed by atoms with Crippen LogP contribution in [-0.2, 0) is 7.05 Å². The summed E-state index contributed by atoms with van der Waals surface area (Å²) in [7, 11) is 3.68. The topological polar surface area (TPSA) is 38.9 Å². The van der Waals surface area contributed by atoms with E-state index in [9.17, 15) is 0 Å². The van der Waals surface area contributed by atoms with E-state index in [1.54, 1.807) is 24.7 Å². The van der Waals surface area contributed by atoms with Gasteiger partial charge in [0.1, 0.15) is 5.75 Å². The number of aryl methyl sites for hydroxylation is 1. The molecule has 0 N–H and O–H groups in total. The van der Waals surface area contributed by atoms with Crippen molar-refractivity contribution < 1.29 is 4.74 Å². The van der Waals surface area contributed by atoms with Gasteiger partial charge >= 0.3 is 0 Å². The van der Waals surface area contributed by atoms with Crippen LogP contribution in [0.2, 0.25) is 0 Å². The minimum Gasteiger partial charge on any atom is -0.496 e. The number of nitrogens with zero attached hydrogens (tertiary/aromatic N) is 3. The summed E-state index contributed by atoms with van der Waals surface area (Å²) in [6.07, 6.45) is 1.77. The number of rotatable bonds is 3. The molecule has 1 heterocycles. The van der Waals surface area contributed by atoms with E-state index in [1.165, 1.54) is 4.70 Å². The predicted octanol–water partition coefficient (Wildman–Crippen LogP) is 4.34. The number of ether oxygens (including phenoxy) is 1. The molecule has 0 aliphatic heterocycles. The normalized spacial score (nSPS) is 12.5. The maximum Gasteiger partial charge on any atom is 0.211 e. The molecular weight excluding hydrogens is 330 g/mol. The molecule has 5 heteroatoms. The monoisotopic (exact) mass is 347 g/mol. The van der Waals surface area contributed by atoms with Gasteiger partial charge in [-0.3, -0.25) is 0 Å². The Hall–Kier alpha value is -2.92. The van der Waals surface area contributed by atoms with E-state index in [0.29, 0.717) is 0 Å². The highest BCUT2D eigenvalue weighted by molar-refractivity contribution is 7.16. The lowest BCUT2D eigenvalue weighted by Gasteiger charge is -2.07. The van der Waals surface area contributed by atoms with Crippen LogP contribution in [0.25, 0.3) is 21.0 Å². The van der Waals surface area contributed by atoms with E-state index in [-0.39, 0.29) is 0 Å². The molecular formula is C20H17N3OS. The Labute approximate surface area is 149 Å². The maximum absolute atomic E-state index is 5.49. The second kappa shape index (κ2) is 6.53. The molecule has 25 heavy (non-hydrogen) atoms. The van der Waals surface area contributed by atoms with Crippen LogP contribution in [0.1, 0.15) is 5.56 Å². The number of benzene rings is 3. The van der Waals surface area contributed by atoms with E-state index in [4.69, 9.17) is 4.74 Å². The van der Waals surface area contributed by atoms with Crippen LogP contribution in [0.3, 0.4) is 0 Å². The second-order valence-electron chi connectivity index (χ2n) is 5.66. The van der Waals surface area contributed by atoms with Gasteiger partial charge in [0.05, 0.1) is 23.5 Å². The lowest BCUT2D eigenvalue weighted by atomic mass is 10.0. The average molecular weight is 347 g/mol. The Morgan fingerprint density at radius 2 is 1.80 bits per heavy atom. The van der Waals surface area contributed by atoms with Crippen LogP contribution in [0.5, 0.6) is 5.75 Å². The Morgan fingerprint density at radius 3 is 2.64 bits per heavy atom. The first-order chi connectivity index (χ1) is 12.3. The zero-order valence-corrected chi connectivity index (χ0v) is 14.8. The summed E-state index contributed by atoms with van der Waals surface area (Å²) in [5.74, 6) is 0.790. The fraction of sp³-hybridized carbons (Fsp3) is 0.100. The van der Waals surface area contributed by atoms with Crippen molar-refractivity contribution in [2.75, 3.05) is 7.11 Å². The summed E-state index contributed by atoms with van der Waals surface area (Å²) < 4.78 is 8.74. The first kappa shape index (κ1) is 15.6. The number of fused-ring (bicyclic) bond motifs is 2. The molecule has 0 aliphatic rings. The summed E-state index contributed by atoms with van der Waals surface area (Å²) in [5, 5.41) is 11.0. The molecule has 0 fully saturated rings. The smallest absolute Gasteiger partial charge is 0.211 e. The van der Waals surface area contributed by atoms with Crippen LogP contribution in [0, 0.1) is 0 Å². The number of aromatic nitrogens is 1. The fourth-order valence-corrected chi connectivity index (χ4v) is 3.88. The second-order valence-corrected chi connectivity index (χ2v) is 6.67. The SMILES string of the molecule is COc1ccc2ccccc2c1/C=N/N=c1\sc2ccccc2n1C. The van der Waals surface area contributed by atoms with Gasteiger partial charge in [-0.15, -0.1) is 5.10 Å². The van der Waals surface area contributed by atoms with Crippen molar-refractivity contribution in [3.63, 3.8) is 0 Å². The molecule has 0 amide bonds. The van der Waals surface area contributed by atoms with Crippen molar-refractivity contribution in [3.8, 4) is 5.75 Å². The zero-order chi connectivity index (χ0) is 17.2. The van der Waals surface area contributed by atoms with Gasteiger partial charge in [0, 0.05) is 12.6 Å². The highest BCUT2D eigenvalue weighted by atomic mass is 32.1. The fourth-order valence-electron chi connectivity index (χ4n) is 2.90. The van der Waals surface area contributed by atoms with Gasteiger partial charge < -0.3 is 9.30 Å². The molecule has 0 unspecified atom stereocenters. The highest BCUT2D eigenvalue weighted by Crippen LogP contribution is 2.26. The van der Waals surface area contributed by atoms with E-state index >= 15 is 0 Å². The van der Waals surface area contributed by atoms with Gasteiger partial charge in [-0.1, -0.05) is 53.8 Å². The van der Waals surface area contributed by atoms with Crippen LogP contribution in [0.15, 0.2) is 70.9 Å². The van der Waals surface area contributed by atoms with Crippen molar-refractivity contribution in [2.24, 2.45) is 17.3 Å². The molecule has 0 saturated carbocycles. The molecule has 0 atom stereocenters. The number of hydrogen-bond acceptors (Lipinski definition) is 4. The molecule has 1 aromatic heterocycles. The third-order valence-electron chi connectivity index (χ3n) is 4.20. The number of methoxy groups -OCH3 is 1. The Morgan fingerprint density at radius 1 is 1.00 bits per heavy atom. The molecule has 0 bridgehead atoms. The molecule has 0 saturated heterocycles. The van der Waals surface area contributed by atoms with E-state index in [2.05, 4.69) is 45.1 Å². The zero-order valence-electron chi connectivity index (χ0n) is 14.0. The molecule has 0 spiro atoms. The number of thiazole rings is 1. The number of hydrogen-bond donors (Lipinski definition) is 0. The molecule has 4 aromatic rings. The van der Waals surface area contributed by atoms with Crippen molar-refractivity contribution in [2.45, 2.75) is 0 Å². The van der Waals surface area contributed by atoms with Crippen LogP contribution in [0.4, 0.5) is 0 Å². The van der Waals surface area contributed by atoms with Crippen LogP contribution in [-0.4, -0.2) is 17.9 Å². The Bertz CT molecular complexity index is 1150. The molecule has 4 nitrogen and oxygen atoms in total. The Kier molecular flexibility index (Phi) is 4.07. The van der Waals surface area contributed by atoms with Crippen LogP contribution >= 0.6 is 11.3 Å². The summed E-state index contributed by atoms with van der Waals surface area (Å²) in [4.78, 5) is 0.858. The summed E-state index contributed by atoms with van der Waals surface area (Å²) >= 11 is 1.62. The minimum atomic E-state index is 0.790. The van der Waals surface area contributed by atoms with Crippen molar-refractivity contribution in [3.05, 3.63) is 71.0 Å². The maximum atomic E-state index is 5.49. The summed E-state index contributed by atoms with van der Waals surface area (Å²) in [6, 6.07) is 20.4. The lowest BCUT2D eigenvalue weighted by molar-refractivity contribution is 0.415. The Balaban J connectivity index is 1.81. The lowest BCUT2D eigenvalue weighted by Crippen LogP contribution is -2.08. The van der Waals surface area contributed by atoms with Gasteiger partial charge in [-0.05, 0) is 29.0 Å². The number of para-hydroxylation sites is 1. The summed E-state index contributed by atoms with van der Waals surface area (Å²) in [6.45, 7) is 0. The highest BCUT2D eigenvalue weighted by Gasteiger charge is 2.06. The summed E-state index contributed by atoms with van der Waals surface area (Å²) in [5.41, 5.74) is 2.09. The van der Waals surface area contributed by atoms with Gasteiger partial charge in [0.25, 0.3) is 0 Å². The largest absolute Gasteiger partial charge is 0.496 e. The average Bonchev–Trinajstić information content (AvgIpc) is 2.98. The molecule has 3 aromatic carbocycles. The van der Waals surface area contributed by atoms with Gasteiger partial charge in [-0.25, -0.2) is 0 Å². The standard InChI is InChI=1S/C20H17N3OS/c1-23-17-9-5-6-10-19(17)25-20(23)22-21-13-16-15-8-4-3-7-14(15)11-12-18(16)24-2/h3-13H,1-2H3/b21-13+,22-20-. The molecule has 0 aliphatic carbocycles. The molecule has 4 rings (SSSR count). The third kappa shape index (κ3) is 2.83. The molecule has 0 radical (unpaired) electrons. The first-order valence-electron chi connectivity index (χ1n) is 7.95. The minimum absolute atomic E-state index is 0.790. The van der Waals surface area contributed by atoms with E-state index in [1.807, 2.05) is 37.4 Å². The van der Waals surface area contributed by atoms with Gasteiger partial charge in [0.15, 0.2) is 0 Å². The van der Waals surface area contributed by atoms with E-state index < -0.39 is 0 Å². The predicted molar refractivity (Wildman–Crippen MR) is 104 cm³/mol. The van der Waals surface area contributed by atoms with Crippen LogP contribution < -0.4 is 9.54 Å². The van der Waals surface area contributed by atoms with E-state index in [0.717, 1.165) is 32.4 Å². The first-order valence-corrected chi connectivity index (χ1v) is 8.77. The van der Waals surface area contributed by atoms with Gasteiger partial charge in [0.2, 0.25) is 4.80 Å². The molecule has 124 valence electrons. The third-order valence-corrected chi connectivity index (χ3v) is 5.30. The van der Waals surface area contributed by atoms with Crippen molar-refractivity contribution in [1.29, 1.82) is 0 Å².